The first-order valence-corrected chi connectivity index (χ1v) is 7.70. The molecule has 1 aliphatic carbocycles. The summed E-state index contributed by atoms with van der Waals surface area (Å²) in [5, 5.41) is 0. The Morgan fingerprint density at radius 2 is 2.00 bits per heavy atom. The normalized spacial score (nSPS) is 28.8. The van der Waals surface area contributed by atoms with Gasteiger partial charge in [-0.25, -0.2) is 4.98 Å². The molecule has 1 aromatic heterocycles. The number of pyridine rings is 1. The van der Waals surface area contributed by atoms with Crippen LogP contribution in [0.4, 0.5) is 5.82 Å². The van der Waals surface area contributed by atoms with Crippen LogP contribution >= 0.6 is 0 Å². The second-order valence-corrected chi connectivity index (χ2v) is 6.28. The van der Waals surface area contributed by atoms with E-state index in [-0.39, 0.29) is 6.04 Å². The van der Waals surface area contributed by atoms with Gasteiger partial charge >= 0.3 is 0 Å². The van der Waals surface area contributed by atoms with Gasteiger partial charge in [0.05, 0.1) is 0 Å². The fraction of sp³-hybridized carbons (Fsp3) is 0.688. The number of anilines is 1. The lowest BCUT2D eigenvalue weighted by Gasteiger charge is -2.41. The van der Waals surface area contributed by atoms with E-state index in [2.05, 4.69) is 22.0 Å². The van der Waals surface area contributed by atoms with E-state index in [0.29, 0.717) is 0 Å². The summed E-state index contributed by atoms with van der Waals surface area (Å²) in [4.78, 5) is 7.08. The predicted molar refractivity (Wildman–Crippen MR) is 79.1 cm³/mol. The Morgan fingerprint density at radius 1 is 1.21 bits per heavy atom. The number of hydrogen-bond donors (Lipinski definition) is 1. The van der Waals surface area contributed by atoms with Gasteiger partial charge in [0.1, 0.15) is 5.82 Å². The highest BCUT2D eigenvalue weighted by molar-refractivity contribution is 5.40. The number of fused-ring (bicyclic) bond motifs is 1. The molecule has 2 fully saturated rings. The van der Waals surface area contributed by atoms with Crippen molar-refractivity contribution >= 4 is 5.82 Å². The summed E-state index contributed by atoms with van der Waals surface area (Å²) in [5.41, 5.74) is 7.00. The van der Waals surface area contributed by atoms with Crippen molar-refractivity contribution in [3.05, 3.63) is 23.9 Å². The Hall–Kier alpha value is -1.09. The summed E-state index contributed by atoms with van der Waals surface area (Å²) in [7, 11) is 0. The van der Waals surface area contributed by atoms with Gasteiger partial charge in [-0.3, -0.25) is 0 Å². The van der Waals surface area contributed by atoms with Gasteiger partial charge in [0, 0.05) is 25.3 Å². The average molecular weight is 259 g/mol. The molecule has 3 heteroatoms. The minimum Gasteiger partial charge on any atom is -0.356 e. The van der Waals surface area contributed by atoms with Crippen molar-refractivity contribution in [3.63, 3.8) is 0 Å². The van der Waals surface area contributed by atoms with Crippen molar-refractivity contribution in [2.45, 2.75) is 45.1 Å². The molecule has 2 N–H and O–H groups in total. The molecule has 1 aromatic rings. The molecule has 1 saturated carbocycles. The first-order chi connectivity index (χ1) is 9.24. The molecular weight excluding hydrogens is 234 g/mol. The van der Waals surface area contributed by atoms with Crippen LogP contribution in [0.15, 0.2) is 18.3 Å². The minimum absolute atomic E-state index is 0.0747. The van der Waals surface area contributed by atoms with E-state index in [1.807, 2.05) is 13.1 Å². The Labute approximate surface area is 116 Å². The average Bonchev–Trinajstić information content (AvgIpc) is 2.47. The molecule has 0 spiro atoms. The van der Waals surface area contributed by atoms with Crippen LogP contribution in [0.1, 0.15) is 50.6 Å². The molecule has 2 heterocycles. The van der Waals surface area contributed by atoms with Gasteiger partial charge in [0.25, 0.3) is 0 Å². The van der Waals surface area contributed by atoms with Crippen molar-refractivity contribution in [2.75, 3.05) is 18.0 Å². The summed E-state index contributed by atoms with van der Waals surface area (Å²) >= 11 is 0. The molecule has 1 saturated heterocycles. The zero-order chi connectivity index (χ0) is 13.2. The van der Waals surface area contributed by atoms with Crippen LogP contribution < -0.4 is 10.6 Å². The standard InChI is InChI=1S/C16H25N3/c1-12(17)14-6-7-16(18-10-14)19-9-8-13-4-2-3-5-15(13)11-19/h6-7,10,12-13,15H,2-5,8-9,11,17H2,1H3/t12-,13?,15?/m0/s1. The quantitative estimate of drug-likeness (QED) is 0.887. The number of nitrogens with zero attached hydrogens (tertiary/aromatic N) is 2. The van der Waals surface area contributed by atoms with E-state index < -0.39 is 0 Å². The molecule has 0 aromatic carbocycles. The smallest absolute Gasteiger partial charge is 0.128 e. The number of hydrogen-bond acceptors (Lipinski definition) is 3. The van der Waals surface area contributed by atoms with E-state index in [1.54, 1.807) is 0 Å². The second kappa shape index (κ2) is 5.49. The molecule has 19 heavy (non-hydrogen) atoms. The van der Waals surface area contributed by atoms with Crippen LogP contribution in [0.3, 0.4) is 0 Å². The third-order valence-corrected chi connectivity index (χ3v) is 4.91. The lowest BCUT2D eigenvalue weighted by atomic mass is 9.75. The number of nitrogens with two attached hydrogens (primary N) is 1. The zero-order valence-corrected chi connectivity index (χ0v) is 11.9. The lowest BCUT2D eigenvalue weighted by Crippen LogP contribution is -2.42. The van der Waals surface area contributed by atoms with Gasteiger partial charge in [-0.05, 0) is 43.2 Å². The third-order valence-electron chi connectivity index (χ3n) is 4.91. The van der Waals surface area contributed by atoms with Crippen LogP contribution in [-0.2, 0) is 0 Å². The fourth-order valence-corrected chi connectivity index (χ4v) is 3.66. The molecule has 3 rings (SSSR count). The first kappa shape index (κ1) is 12.9. The van der Waals surface area contributed by atoms with Gasteiger partial charge in [-0.2, -0.15) is 0 Å². The number of rotatable bonds is 2. The van der Waals surface area contributed by atoms with Gasteiger partial charge < -0.3 is 10.6 Å². The number of aromatic nitrogens is 1. The molecule has 0 bridgehead atoms. The summed E-state index contributed by atoms with van der Waals surface area (Å²) in [6.45, 7) is 4.38. The highest BCUT2D eigenvalue weighted by atomic mass is 15.2. The molecule has 0 amide bonds. The van der Waals surface area contributed by atoms with Crippen LogP contribution in [0, 0.1) is 11.8 Å². The predicted octanol–water partition coefficient (Wildman–Crippen LogP) is 3.12. The molecule has 3 nitrogen and oxygen atoms in total. The van der Waals surface area contributed by atoms with Crippen LogP contribution in [-0.4, -0.2) is 18.1 Å². The molecule has 2 aliphatic rings. The van der Waals surface area contributed by atoms with Gasteiger partial charge in [0.15, 0.2) is 0 Å². The molecule has 1 aliphatic heterocycles. The Balaban J connectivity index is 1.69. The third kappa shape index (κ3) is 2.76. The zero-order valence-electron chi connectivity index (χ0n) is 11.9. The van der Waals surface area contributed by atoms with Gasteiger partial charge in [-0.15, -0.1) is 0 Å². The van der Waals surface area contributed by atoms with Crippen LogP contribution in [0.5, 0.6) is 0 Å². The maximum Gasteiger partial charge on any atom is 0.128 e. The molecule has 3 atom stereocenters. The minimum atomic E-state index is 0.0747. The first-order valence-electron chi connectivity index (χ1n) is 7.70. The summed E-state index contributed by atoms with van der Waals surface area (Å²) in [5.74, 6) is 3.01. The Morgan fingerprint density at radius 3 is 2.68 bits per heavy atom. The molecule has 0 radical (unpaired) electrons. The van der Waals surface area contributed by atoms with Crippen LogP contribution in [0.2, 0.25) is 0 Å². The Bertz CT molecular complexity index is 413. The van der Waals surface area contributed by atoms with Crippen molar-refractivity contribution in [3.8, 4) is 0 Å². The van der Waals surface area contributed by atoms with Crippen molar-refractivity contribution < 1.29 is 0 Å². The SMILES string of the molecule is C[C@H](N)c1ccc(N2CCC3CCCCC3C2)nc1. The van der Waals surface area contributed by atoms with E-state index in [9.17, 15) is 0 Å². The summed E-state index contributed by atoms with van der Waals surface area (Å²) in [6, 6.07) is 4.34. The summed E-state index contributed by atoms with van der Waals surface area (Å²) < 4.78 is 0. The monoisotopic (exact) mass is 259 g/mol. The van der Waals surface area contributed by atoms with Crippen molar-refractivity contribution in [1.82, 2.24) is 4.98 Å². The van der Waals surface area contributed by atoms with Gasteiger partial charge in [-0.1, -0.05) is 25.3 Å². The highest BCUT2D eigenvalue weighted by Crippen LogP contribution is 2.37. The summed E-state index contributed by atoms with van der Waals surface area (Å²) in [6.07, 6.45) is 9.03. The number of piperidine rings is 1. The lowest BCUT2D eigenvalue weighted by molar-refractivity contribution is 0.202. The van der Waals surface area contributed by atoms with Crippen LogP contribution in [0.25, 0.3) is 0 Å². The highest BCUT2D eigenvalue weighted by Gasteiger charge is 2.31. The van der Waals surface area contributed by atoms with E-state index in [1.165, 1.54) is 45.2 Å². The van der Waals surface area contributed by atoms with Gasteiger partial charge in [0.2, 0.25) is 0 Å². The van der Waals surface area contributed by atoms with Crippen molar-refractivity contribution in [2.24, 2.45) is 17.6 Å². The van der Waals surface area contributed by atoms with Crippen molar-refractivity contribution in [1.29, 1.82) is 0 Å². The molecule has 104 valence electrons. The van der Waals surface area contributed by atoms with E-state index in [4.69, 9.17) is 5.73 Å². The van der Waals surface area contributed by atoms with E-state index in [0.717, 1.165) is 23.2 Å². The van der Waals surface area contributed by atoms with E-state index >= 15 is 0 Å². The second-order valence-electron chi connectivity index (χ2n) is 6.28. The largest absolute Gasteiger partial charge is 0.356 e. The fourth-order valence-electron chi connectivity index (χ4n) is 3.66. The maximum absolute atomic E-state index is 5.88. The Kier molecular flexibility index (Phi) is 3.74. The maximum atomic E-state index is 5.88. The topological polar surface area (TPSA) is 42.1 Å². The molecular formula is C16H25N3. The molecule has 2 unspecified atom stereocenters.